The van der Waals surface area contributed by atoms with Crippen molar-refractivity contribution in [2.75, 3.05) is 39.4 Å². The van der Waals surface area contributed by atoms with E-state index in [4.69, 9.17) is 25.8 Å². The minimum absolute atomic E-state index is 0.00613. The van der Waals surface area contributed by atoms with Crippen molar-refractivity contribution in [3.8, 4) is 5.75 Å². The molecule has 0 aliphatic carbocycles. The van der Waals surface area contributed by atoms with Gasteiger partial charge in [-0.1, -0.05) is 11.6 Å². The summed E-state index contributed by atoms with van der Waals surface area (Å²) in [6.07, 6.45) is 2.95. The van der Waals surface area contributed by atoms with Crippen LogP contribution in [0.4, 0.5) is 5.69 Å². The molecule has 1 amide bonds. The quantitative estimate of drug-likeness (QED) is 0.628. The Morgan fingerprint density at radius 1 is 1.39 bits per heavy atom. The van der Waals surface area contributed by atoms with Crippen molar-refractivity contribution < 1.29 is 19.0 Å². The molecule has 1 aromatic carbocycles. The van der Waals surface area contributed by atoms with E-state index in [1.807, 2.05) is 16.8 Å². The summed E-state index contributed by atoms with van der Waals surface area (Å²) in [7, 11) is 5.00. The molecule has 0 spiro atoms. The lowest BCUT2D eigenvalue weighted by atomic mass is 9.97. The van der Waals surface area contributed by atoms with E-state index in [-0.39, 0.29) is 17.9 Å². The second-order valence-electron chi connectivity index (χ2n) is 6.73. The number of carbonyl (C=O) groups excluding carboxylic acids is 1. The third-order valence-corrected chi connectivity index (χ3v) is 5.32. The number of hydrogen-bond acceptors (Lipinski definition) is 5. The predicted octanol–water partition coefficient (Wildman–Crippen LogP) is 3.32. The smallest absolute Gasteiger partial charge is 0.232 e. The topological polar surface area (TPSA) is 65.8 Å². The van der Waals surface area contributed by atoms with Crippen LogP contribution in [0.1, 0.15) is 24.6 Å². The van der Waals surface area contributed by atoms with Gasteiger partial charge in [0.25, 0.3) is 0 Å². The first-order valence-corrected chi connectivity index (χ1v) is 9.68. The lowest BCUT2D eigenvalue weighted by Gasteiger charge is -2.25. The van der Waals surface area contributed by atoms with E-state index in [1.165, 1.54) is 0 Å². The molecule has 1 aliphatic rings. The highest BCUT2D eigenvalue weighted by Gasteiger charge is 2.38. The molecule has 0 bridgehead atoms. The van der Waals surface area contributed by atoms with Gasteiger partial charge < -0.3 is 19.1 Å². The number of anilines is 1. The number of aromatic nitrogens is 2. The van der Waals surface area contributed by atoms with Crippen molar-refractivity contribution in [1.82, 2.24) is 9.78 Å². The van der Waals surface area contributed by atoms with Gasteiger partial charge >= 0.3 is 0 Å². The molecule has 1 fully saturated rings. The second-order valence-corrected chi connectivity index (χ2v) is 7.14. The average Bonchev–Trinajstić information content (AvgIpc) is 3.35. The lowest BCUT2D eigenvalue weighted by Crippen LogP contribution is -2.34. The van der Waals surface area contributed by atoms with E-state index < -0.39 is 0 Å². The Labute approximate surface area is 170 Å². The van der Waals surface area contributed by atoms with Gasteiger partial charge in [-0.2, -0.15) is 5.10 Å². The van der Waals surface area contributed by atoms with Crippen LogP contribution in [0, 0.1) is 5.92 Å². The molecular weight excluding hydrogens is 382 g/mol. The molecule has 152 valence electrons. The summed E-state index contributed by atoms with van der Waals surface area (Å²) in [5, 5.41) is 4.85. The molecule has 1 aliphatic heterocycles. The minimum atomic E-state index is -0.311. The van der Waals surface area contributed by atoms with E-state index in [0.29, 0.717) is 30.4 Å². The summed E-state index contributed by atoms with van der Waals surface area (Å²) in [6, 6.07) is 7.24. The first-order valence-electron chi connectivity index (χ1n) is 9.30. The zero-order valence-corrected chi connectivity index (χ0v) is 17.2. The number of methoxy groups -OCH3 is 2. The molecule has 2 heterocycles. The van der Waals surface area contributed by atoms with Crippen LogP contribution in [-0.2, 0) is 20.8 Å². The van der Waals surface area contributed by atoms with Crippen LogP contribution in [0.5, 0.6) is 5.75 Å². The summed E-state index contributed by atoms with van der Waals surface area (Å²) in [5.41, 5.74) is 1.64. The number of aryl methyl sites for hydroxylation is 1. The zero-order chi connectivity index (χ0) is 20.1. The van der Waals surface area contributed by atoms with E-state index in [1.54, 1.807) is 44.5 Å². The van der Waals surface area contributed by atoms with Crippen molar-refractivity contribution in [1.29, 1.82) is 0 Å². The van der Waals surface area contributed by atoms with Crippen LogP contribution < -0.4 is 9.64 Å². The van der Waals surface area contributed by atoms with E-state index in [9.17, 15) is 4.79 Å². The number of benzene rings is 1. The maximum atomic E-state index is 13.2. The molecule has 0 saturated carbocycles. The molecule has 8 heteroatoms. The molecule has 0 N–H and O–H groups in total. The van der Waals surface area contributed by atoms with E-state index in [0.717, 1.165) is 24.3 Å². The van der Waals surface area contributed by atoms with Gasteiger partial charge in [0.1, 0.15) is 11.9 Å². The van der Waals surface area contributed by atoms with Gasteiger partial charge in [0.2, 0.25) is 5.91 Å². The fourth-order valence-corrected chi connectivity index (χ4v) is 3.76. The highest BCUT2D eigenvalue weighted by molar-refractivity contribution is 6.32. The van der Waals surface area contributed by atoms with Crippen LogP contribution in [0.15, 0.2) is 30.5 Å². The molecule has 0 radical (unpaired) electrons. The molecule has 2 atom stereocenters. The third kappa shape index (κ3) is 4.32. The summed E-state index contributed by atoms with van der Waals surface area (Å²) in [5.74, 6) is 0.297. The number of ether oxygens (including phenoxy) is 3. The average molecular weight is 408 g/mol. The van der Waals surface area contributed by atoms with Gasteiger partial charge in [-0.05, 0) is 37.1 Å². The Morgan fingerprint density at radius 3 is 2.93 bits per heavy atom. The fourth-order valence-electron chi connectivity index (χ4n) is 3.50. The molecule has 3 rings (SSSR count). The standard InChI is InChI=1S/C20H26ClN3O4/c1-23(14-5-6-18(27-3)16(21)13-14)20(25)15-8-12-28-19(15)17-7-9-22-24(17)10-4-11-26-2/h5-7,9,13,15,19H,4,8,10-12H2,1-3H3/t15-,19-/m0/s1. The Morgan fingerprint density at radius 2 is 2.21 bits per heavy atom. The second kappa shape index (κ2) is 9.41. The predicted molar refractivity (Wildman–Crippen MR) is 107 cm³/mol. The Bertz CT molecular complexity index is 810. The zero-order valence-electron chi connectivity index (χ0n) is 16.4. The largest absolute Gasteiger partial charge is 0.495 e. The van der Waals surface area contributed by atoms with Crippen LogP contribution in [0.3, 0.4) is 0 Å². The van der Waals surface area contributed by atoms with Crippen molar-refractivity contribution in [2.45, 2.75) is 25.5 Å². The molecule has 1 aromatic heterocycles. The number of nitrogens with zero attached hydrogens (tertiary/aromatic N) is 3. The maximum absolute atomic E-state index is 13.2. The molecule has 0 unspecified atom stereocenters. The Kier molecular flexibility index (Phi) is 6.93. The first-order chi connectivity index (χ1) is 13.6. The van der Waals surface area contributed by atoms with E-state index >= 15 is 0 Å². The van der Waals surface area contributed by atoms with Crippen LogP contribution in [-0.4, -0.2) is 50.2 Å². The van der Waals surface area contributed by atoms with Crippen molar-refractivity contribution in [3.63, 3.8) is 0 Å². The van der Waals surface area contributed by atoms with Crippen molar-refractivity contribution in [3.05, 3.63) is 41.2 Å². The molecular formula is C20H26ClN3O4. The van der Waals surface area contributed by atoms with Gasteiger partial charge in [-0.15, -0.1) is 0 Å². The summed E-state index contributed by atoms with van der Waals surface area (Å²) >= 11 is 6.22. The first kappa shape index (κ1) is 20.6. The number of rotatable bonds is 8. The monoisotopic (exact) mass is 407 g/mol. The highest BCUT2D eigenvalue weighted by atomic mass is 35.5. The van der Waals surface area contributed by atoms with Gasteiger partial charge in [-0.25, -0.2) is 0 Å². The molecule has 1 saturated heterocycles. The molecule has 2 aromatic rings. The van der Waals surface area contributed by atoms with Gasteiger partial charge in [0.05, 0.1) is 23.7 Å². The SMILES string of the molecule is COCCCn1nccc1[C@H]1OCC[C@@H]1C(=O)N(C)c1ccc(OC)c(Cl)c1. The molecule has 28 heavy (non-hydrogen) atoms. The third-order valence-electron chi connectivity index (χ3n) is 5.02. The van der Waals surface area contributed by atoms with Crippen LogP contribution in [0.2, 0.25) is 5.02 Å². The number of amides is 1. The van der Waals surface area contributed by atoms with Crippen LogP contribution >= 0.6 is 11.6 Å². The van der Waals surface area contributed by atoms with Gasteiger partial charge in [-0.3, -0.25) is 9.48 Å². The number of hydrogen-bond donors (Lipinski definition) is 0. The summed E-state index contributed by atoms with van der Waals surface area (Å²) in [4.78, 5) is 14.8. The summed E-state index contributed by atoms with van der Waals surface area (Å²) < 4.78 is 18.1. The number of carbonyl (C=O) groups is 1. The minimum Gasteiger partial charge on any atom is -0.495 e. The maximum Gasteiger partial charge on any atom is 0.232 e. The van der Waals surface area contributed by atoms with Crippen molar-refractivity contribution in [2.24, 2.45) is 5.92 Å². The highest BCUT2D eigenvalue weighted by Crippen LogP contribution is 2.37. The summed E-state index contributed by atoms with van der Waals surface area (Å²) in [6.45, 7) is 1.93. The fraction of sp³-hybridized carbons (Fsp3) is 0.500. The lowest BCUT2D eigenvalue weighted by molar-refractivity contribution is -0.124. The Balaban J connectivity index is 1.76. The number of halogens is 1. The van der Waals surface area contributed by atoms with E-state index in [2.05, 4.69) is 5.10 Å². The Hall–Kier alpha value is -2.09. The van der Waals surface area contributed by atoms with Crippen LogP contribution in [0.25, 0.3) is 0 Å². The normalized spacial score (nSPS) is 19.0. The van der Waals surface area contributed by atoms with Crippen molar-refractivity contribution >= 4 is 23.2 Å². The van der Waals surface area contributed by atoms with Gasteiger partial charge in [0, 0.05) is 45.8 Å². The van der Waals surface area contributed by atoms with Gasteiger partial charge in [0.15, 0.2) is 0 Å². The molecule has 7 nitrogen and oxygen atoms in total.